The first kappa shape index (κ1) is 12.0. The summed E-state index contributed by atoms with van der Waals surface area (Å²) in [6, 6.07) is 7.91. The highest BCUT2D eigenvalue weighted by Crippen LogP contribution is 2.27. The molecule has 3 nitrogen and oxygen atoms in total. The van der Waals surface area contributed by atoms with Gasteiger partial charge in [-0.1, -0.05) is 6.92 Å². The van der Waals surface area contributed by atoms with Crippen LogP contribution in [0.1, 0.15) is 6.92 Å². The molecule has 0 amide bonds. The number of nitrogens with one attached hydrogen (secondary N) is 1. The van der Waals surface area contributed by atoms with Gasteiger partial charge in [-0.2, -0.15) is 11.8 Å². The lowest BCUT2D eigenvalue weighted by atomic mass is 10.1. The van der Waals surface area contributed by atoms with E-state index >= 15 is 0 Å². The summed E-state index contributed by atoms with van der Waals surface area (Å²) in [5.41, 5.74) is 8.85. The second-order valence-corrected chi connectivity index (χ2v) is 5.30. The van der Waals surface area contributed by atoms with Gasteiger partial charge in [0.05, 0.1) is 16.9 Å². The van der Waals surface area contributed by atoms with Gasteiger partial charge in [-0.05, 0) is 30.5 Å². The molecule has 0 fully saturated rings. The highest BCUT2D eigenvalue weighted by molar-refractivity contribution is 7.99. The quantitative estimate of drug-likeness (QED) is 0.816. The van der Waals surface area contributed by atoms with E-state index < -0.39 is 0 Å². The molecule has 0 saturated heterocycles. The SMILES string of the molecule is CSC(C)CNc1ccc2ncccc2c1N. The lowest BCUT2D eigenvalue weighted by molar-refractivity contribution is 1.00. The van der Waals surface area contributed by atoms with Crippen molar-refractivity contribution in [2.75, 3.05) is 23.9 Å². The Morgan fingerprint density at radius 1 is 1.41 bits per heavy atom. The van der Waals surface area contributed by atoms with Crippen LogP contribution in [0.3, 0.4) is 0 Å². The summed E-state index contributed by atoms with van der Waals surface area (Å²) in [7, 11) is 0. The van der Waals surface area contributed by atoms with Gasteiger partial charge in [0.25, 0.3) is 0 Å². The lowest BCUT2D eigenvalue weighted by Gasteiger charge is -2.14. The first-order valence-electron chi connectivity index (χ1n) is 5.62. The first-order valence-corrected chi connectivity index (χ1v) is 6.91. The molecule has 1 aromatic carbocycles. The molecular formula is C13H17N3S. The molecule has 0 aliphatic rings. The van der Waals surface area contributed by atoms with E-state index in [-0.39, 0.29) is 0 Å². The van der Waals surface area contributed by atoms with Crippen LogP contribution in [0.15, 0.2) is 30.5 Å². The number of anilines is 2. The van der Waals surface area contributed by atoms with Crippen molar-refractivity contribution in [1.82, 2.24) is 4.98 Å². The molecular weight excluding hydrogens is 230 g/mol. The first-order chi connectivity index (χ1) is 8.22. The van der Waals surface area contributed by atoms with E-state index in [0.29, 0.717) is 5.25 Å². The molecule has 2 aromatic rings. The molecule has 0 aliphatic carbocycles. The molecule has 4 heteroatoms. The molecule has 1 heterocycles. The fourth-order valence-electron chi connectivity index (χ4n) is 1.67. The molecule has 0 radical (unpaired) electrons. The highest BCUT2D eigenvalue weighted by Gasteiger charge is 2.05. The summed E-state index contributed by atoms with van der Waals surface area (Å²) < 4.78 is 0. The van der Waals surface area contributed by atoms with E-state index in [9.17, 15) is 0 Å². The average molecular weight is 247 g/mol. The fraction of sp³-hybridized carbons (Fsp3) is 0.308. The minimum Gasteiger partial charge on any atom is -0.397 e. The third-order valence-electron chi connectivity index (χ3n) is 2.81. The van der Waals surface area contributed by atoms with E-state index in [1.807, 2.05) is 36.0 Å². The van der Waals surface area contributed by atoms with Gasteiger partial charge >= 0.3 is 0 Å². The van der Waals surface area contributed by atoms with Crippen LogP contribution < -0.4 is 11.1 Å². The number of benzene rings is 1. The molecule has 3 N–H and O–H groups in total. The Morgan fingerprint density at radius 2 is 2.24 bits per heavy atom. The van der Waals surface area contributed by atoms with E-state index in [0.717, 1.165) is 28.8 Å². The molecule has 2 rings (SSSR count). The maximum atomic E-state index is 6.14. The molecule has 1 aromatic heterocycles. The molecule has 0 bridgehead atoms. The fourth-order valence-corrected chi connectivity index (χ4v) is 1.92. The third-order valence-corrected chi connectivity index (χ3v) is 3.78. The van der Waals surface area contributed by atoms with Crippen molar-refractivity contribution in [3.8, 4) is 0 Å². The van der Waals surface area contributed by atoms with Gasteiger partial charge in [-0.25, -0.2) is 0 Å². The maximum absolute atomic E-state index is 6.14. The van der Waals surface area contributed by atoms with Crippen molar-refractivity contribution >= 4 is 34.0 Å². The summed E-state index contributed by atoms with van der Waals surface area (Å²) in [5, 5.41) is 4.96. The van der Waals surface area contributed by atoms with Crippen LogP contribution in [0.2, 0.25) is 0 Å². The van der Waals surface area contributed by atoms with Crippen molar-refractivity contribution in [1.29, 1.82) is 0 Å². The summed E-state index contributed by atoms with van der Waals surface area (Å²) >= 11 is 1.84. The van der Waals surface area contributed by atoms with Crippen LogP contribution >= 0.6 is 11.8 Å². The smallest absolute Gasteiger partial charge is 0.0724 e. The lowest BCUT2D eigenvalue weighted by Crippen LogP contribution is -2.13. The zero-order chi connectivity index (χ0) is 12.3. The van der Waals surface area contributed by atoms with Gasteiger partial charge in [0.1, 0.15) is 0 Å². The van der Waals surface area contributed by atoms with E-state index in [4.69, 9.17) is 5.73 Å². The monoisotopic (exact) mass is 247 g/mol. The number of nitrogen functional groups attached to an aromatic ring is 1. The summed E-state index contributed by atoms with van der Waals surface area (Å²) in [5.74, 6) is 0. The van der Waals surface area contributed by atoms with E-state index in [1.54, 1.807) is 6.20 Å². The van der Waals surface area contributed by atoms with Crippen LogP contribution in [0.5, 0.6) is 0 Å². The molecule has 0 aliphatic heterocycles. The third kappa shape index (κ3) is 2.64. The number of hydrogen-bond acceptors (Lipinski definition) is 4. The predicted octanol–water partition coefficient (Wildman–Crippen LogP) is 2.98. The standard InChI is InChI=1S/C13H17N3S/c1-9(17-2)8-16-12-6-5-11-10(13(12)14)4-3-7-15-11/h3-7,9,16H,8,14H2,1-2H3. The van der Waals surface area contributed by atoms with Crippen LogP contribution in [0.4, 0.5) is 11.4 Å². The van der Waals surface area contributed by atoms with Gasteiger partial charge < -0.3 is 11.1 Å². The van der Waals surface area contributed by atoms with Crippen LogP contribution in [0.25, 0.3) is 10.9 Å². The molecule has 1 unspecified atom stereocenters. The van der Waals surface area contributed by atoms with Gasteiger partial charge in [0.2, 0.25) is 0 Å². The highest BCUT2D eigenvalue weighted by atomic mass is 32.2. The van der Waals surface area contributed by atoms with Crippen LogP contribution in [-0.2, 0) is 0 Å². The van der Waals surface area contributed by atoms with Crippen molar-refractivity contribution in [3.63, 3.8) is 0 Å². The van der Waals surface area contributed by atoms with E-state index in [1.165, 1.54) is 0 Å². The number of fused-ring (bicyclic) bond motifs is 1. The zero-order valence-corrected chi connectivity index (χ0v) is 10.9. The Balaban J connectivity index is 2.26. The Morgan fingerprint density at radius 3 is 3.00 bits per heavy atom. The van der Waals surface area contributed by atoms with Crippen molar-refractivity contribution < 1.29 is 0 Å². The second-order valence-electron chi connectivity index (χ2n) is 4.02. The zero-order valence-electron chi connectivity index (χ0n) is 10.1. The molecule has 17 heavy (non-hydrogen) atoms. The minimum atomic E-state index is 0.569. The molecule has 0 saturated carbocycles. The van der Waals surface area contributed by atoms with Gasteiger partial charge in [0.15, 0.2) is 0 Å². The average Bonchev–Trinajstić information content (AvgIpc) is 2.38. The number of hydrogen-bond donors (Lipinski definition) is 2. The Hall–Kier alpha value is -1.42. The number of aromatic nitrogens is 1. The number of rotatable bonds is 4. The Bertz CT molecular complexity index is 513. The molecule has 90 valence electrons. The van der Waals surface area contributed by atoms with E-state index in [2.05, 4.69) is 23.5 Å². The van der Waals surface area contributed by atoms with Crippen molar-refractivity contribution in [3.05, 3.63) is 30.5 Å². The largest absolute Gasteiger partial charge is 0.397 e. The van der Waals surface area contributed by atoms with Gasteiger partial charge in [-0.3, -0.25) is 4.98 Å². The molecule has 1 atom stereocenters. The van der Waals surface area contributed by atoms with Gasteiger partial charge in [-0.15, -0.1) is 0 Å². The summed E-state index contributed by atoms with van der Waals surface area (Å²) in [6.07, 6.45) is 3.89. The predicted molar refractivity (Wildman–Crippen MR) is 77.6 cm³/mol. The van der Waals surface area contributed by atoms with Crippen molar-refractivity contribution in [2.45, 2.75) is 12.2 Å². The second kappa shape index (κ2) is 5.27. The number of thioether (sulfide) groups is 1. The summed E-state index contributed by atoms with van der Waals surface area (Å²) in [4.78, 5) is 4.28. The Labute approximate surface area is 106 Å². The maximum Gasteiger partial charge on any atom is 0.0724 e. The molecule has 0 spiro atoms. The van der Waals surface area contributed by atoms with Crippen molar-refractivity contribution in [2.24, 2.45) is 0 Å². The number of nitrogens with two attached hydrogens (primary N) is 1. The summed E-state index contributed by atoms with van der Waals surface area (Å²) in [6.45, 7) is 3.10. The van der Waals surface area contributed by atoms with Crippen LogP contribution in [-0.4, -0.2) is 23.0 Å². The minimum absolute atomic E-state index is 0.569. The topological polar surface area (TPSA) is 50.9 Å². The van der Waals surface area contributed by atoms with Gasteiger partial charge in [0, 0.05) is 23.4 Å². The van der Waals surface area contributed by atoms with Crippen LogP contribution in [0, 0.1) is 0 Å². The number of nitrogens with zero attached hydrogens (tertiary/aromatic N) is 1. The normalized spacial score (nSPS) is 12.6. The number of pyridine rings is 1. The Kier molecular flexibility index (Phi) is 3.74.